The van der Waals surface area contributed by atoms with Crippen LogP contribution in [0.2, 0.25) is 0 Å². The van der Waals surface area contributed by atoms with Crippen LogP contribution in [0.3, 0.4) is 0 Å². The Morgan fingerprint density at radius 2 is 1.32 bits per heavy atom. The first-order valence-electron chi connectivity index (χ1n) is 7.49. The summed E-state index contributed by atoms with van der Waals surface area (Å²) in [6.07, 6.45) is 0. The normalized spacial score (nSPS) is 11.8. The molecule has 0 heterocycles. The maximum absolute atomic E-state index is 14.2. The van der Waals surface area contributed by atoms with E-state index in [0.29, 0.717) is 16.7 Å². The molecule has 0 aliphatic heterocycles. The van der Waals surface area contributed by atoms with E-state index in [9.17, 15) is 8.78 Å². The molecule has 0 bridgehead atoms. The molecule has 0 fully saturated rings. The number of nitrogens with zero attached hydrogens (tertiary/aromatic N) is 3. The molecular weight excluding hydrogens is 322 g/mol. The maximum atomic E-state index is 14.2. The number of para-hydroxylation sites is 1. The Hall–Kier alpha value is -3.41. The van der Waals surface area contributed by atoms with Crippen LogP contribution < -0.4 is 5.84 Å². The molecule has 0 spiro atoms. The van der Waals surface area contributed by atoms with Gasteiger partial charge in [0.1, 0.15) is 17.3 Å². The zero-order valence-corrected chi connectivity index (χ0v) is 13.1. The average Bonchev–Trinajstić information content (AvgIpc) is 2.64. The highest BCUT2D eigenvalue weighted by atomic mass is 19.1. The van der Waals surface area contributed by atoms with E-state index >= 15 is 0 Å². The zero-order chi connectivity index (χ0) is 17.6. The van der Waals surface area contributed by atoms with Gasteiger partial charge in [0.05, 0.1) is 0 Å². The molecule has 3 rings (SSSR count). The third-order valence-electron chi connectivity index (χ3n) is 3.56. The fraction of sp³-hybridized carbons (Fsp3) is 0. The lowest BCUT2D eigenvalue weighted by molar-refractivity contribution is 0.629. The van der Waals surface area contributed by atoms with E-state index in [-0.39, 0.29) is 17.3 Å². The summed E-state index contributed by atoms with van der Waals surface area (Å²) >= 11 is 0. The molecule has 124 valence electrons. The van der Waals surface area contributed by atoms with E-state index in [0.717, 1.165) is 0 Å². The number of hydrogen-bond donors (Lipinski definition) is 1. The Morgan fingerprint density at radius 1 is 0.720 bits per heavy atom. The van der Waals surface area contributed by atoms with Crippen LogP contribution in [-0.2, 0) is 0 Å². The smallest absolute Gasteiger partial charge is 0.184 e. The first-order valence-corrected chi connectivity index (χ1v) is 7.49. The molecule has 0 unspecified atom stereocenters. The van der Waals surface area contributed by atoms with Crippen molar-refractivity contribution in [3.63, 3.8) is 0 Å². The zero-order valence-electron chi connectivity index (χ0n) is 13.1. The van der Waals surface area contributed by atoms with Gasteiger partial charge in [0.2, 0.25) is 0 Å². The van der Waals surface area contributed by atoms with E-state index in [2.05, 4.69) is 15.3 Å². The van der Waals surface area contributed by atoms with Gasteiger partial charge in [0, 0.05) is 11.1 Å². The number of aliphatic imine (C=N–C) groups is 1. The minimum absolute atomic E-state index is 0.0893. The van der Waals surface area contributed by atoms with Crippen molar-refractivity contribution >= 4 is 11.5 Å². The third-order valence-corrected chi connectivity index (χ3v) is 3.56. The highest BCUT2D eigenvalue weighted by Crippen LogP contribution is 2.28. The highest BCUT2D eigenvalue weighted by molar-refractivity contribution is 6.06. The van der Waals surface area contributed by atoms with Gasteiger partial charge in [-0.15, -0.1) is 5.11 Å². The van der Waals surface area contributed by atoms with E-state index in [1.54, 1.807) is 54.6 Å². The maximum Gasteiger partial charge on any atom is 0.184 e. The quantitative estimate of drug-likeness (QED) is 0.235. The lowest BCUT2D eigenvalue weighted by atomic mass is 9.98. The fourth-order valence-electron chi connectivity index (χ4n) is 2.44. The molecule has 4 nitrogen and oxygen atoms in total. The van der Waals surface area contributed by atoms with Gasteiger partial charge in [0.25, 0.3) is 0 Å². The lowest BCUT2D eigenvalue weighted by Gasteiger charge is -2.10. The number of halogens is 2. The monoisotopic (exact) mass is 336 g/mol. The Bertz CT molecular complexity index is 951. The summed E-state index contributed by atoms with van der Waals surface area (Å²) in [5, 5.41) is 7.08. The van der Waals surface area contributed by atoms with Crippen molar-refractivity contribution in [3.8, 4) is 11.1 Å². The summed E-state index contributed by atoms with van der Waals surface area (Å²) in [4.78, 5) is 4.21. The minimum Gasteiger partial charge on any atom is -0.305 e. The Morgan fingerprint density at radius 3 is 2.00 bits per heavy atom. The molecule has 0 aliphatic carbocycles. The lowest BCUT2D eigenvalue weighted by Crippen LogP contribution is -2.01. The van der Waals surface area contributed by atoms with E-state index in [1.165, 1.54) is 18.2 Å². The van der Waals surface area contributed by atoms with Gasteiger partial charge in [-0.3, -0.25) is 0 Å². The van der Waals surface area contributed by atoms with Crippen LogP contribution in [0.15, 0.2) is 88.1 Å². The number of hydrogen-bond acceptors (Lipinski definition) is 2. The van der Waals surface area contributed by atoms with Crippen LogP contribution in [0.5, 0.6) is 0 Å². The second-order valence-corrected chi connectivity index (χ2v) is 5.13. The van der Waals surface area contributed by atoms with Crippen molar-refractivity contribution < 1.29 is 8.78 Å². The van der Waals surface area contributed by atoms with Gasteiger partial charge < -0.3 is 5.84 Å². The Kier molecular flexibility index (Phi) is 4.89. The van der Waals surface area contributed by atoms with Gasteiger partial charge >= 0.3 is 0 Å². The van der Waals surface area contributed by atoms with Crippen LogP contribution >= 0.6 is 0 Å². The first-order chi connectivity index (χ1) is 12.2. The van der Waals surface area contributed by atoms with Gasteiger partial charge in [-0.1, -0.05) is 59.8 Å². The van der Waals surface area contributed by atoms with Crippen molar-refractivity contribution in [1.82, 2.24) is 0 Å². The molecule has 0 saturated carbocycles. The predicted octanol–water partition coefficient (Wildman–Crippen LogP) is 5.04. The molecule has 3 aromatic carbocycles. The van der Waals surface area contributed by atoms with Gasteiger partial charge in [-0.25, -0.2) is 13.8 Å². The second-order valence-electron chi connectivity index (χ2n) is 5.13. The third kappa shape index (κ3) is 3.58. The summed E-state index contributed by atoms with van der Waals surface area (Å²) in [5.74, 6) is 4.39. The molecular formula is C19H14F2N4. The molecule has 6 heteroatoms. The van der Waals surface area contributed by atoms with Crippen molar-refractivity contribution in [2.75, 3.05) is 0 Å². The average molecular weight is 336 g/mol. The second kappa shape index (κ2) is 7.44. The van der Waals surface area contributed by atoms with Crippen molar-refractivity contribution in [2.24, 2.45) is 21.2 Å². The predicted molar refractivity (Wildman–Crippen MR) is 93.5 cm³/mol. The van der Waals surface area contributed by atoms with Crippen molar-refractivity contribution in [1.29, 1.82) is 0 Å². The summed E-state index contributed by atoms with van der Waals surface area (Å²) in [6.45, 7) is 0. The molecule has 0 aromatic heterocycles. The topological polar surface area (TPSA) is 63.1 Å². The Labute approximate surface area is 143 Å². The fourth-order valence-corrected chi connectivity index (χ4v) is 2.44. The molecule has 3 aromatic rings. The molecule has 0 atom stereocenters. The molecule has 2 N–H and O–H groups in total. The standard InChI is InChI=1S/C19H14F2N4/c20-16-10-4-3-8-14(16)13-7-1-2-9-15(13)19(24-25-22)23-18-12-6-5-11-17(18)21/h1-12H,(H2,22,23,24). The highest BCUT2D eigenvalue weighted by Gasteiger charge is 2.14. The number of nitrogens with two attached hydrogens (primary N) is 1. The van der Waals surface area contributed by atoms with Crippen LogP contribution in [0.4, 0.5) is 14.5 Å². The van der Waals surface area contributed by atoms with E-state index in [1.807, 2.05) is 0 Å². The molecule has 25 heavy (non-hydrogen) atoms. The first kappa shape index (κ1) is 16.4. The molecule has 0 aliphatic rings. The van der Waals surface area contributed by atoms with Gasteiger partial charge in [0.15, 0.2) is 5.84 Å². The number of rotatable bonds is 3. The van der Waals surface area contributed by atoms with Crippen LogP contribution in [-0.4, -0.2) is 5.84 Å². The molecule has 0 saturated heterocycles. The summed E-state index contributed by atoms with van der Waals surface area (Å²) in [5.41, 5.74) is 1.52. The summed E-state index contributed by atoms with van der Waals surface area (Å²) < 4.78 is 28.1. The van der Waals surface area contributed by atoms with Crippen LogP contribution in [0.25, 0.3) is 11.1 Å². The van der Waals surface area contributed by atoms with E-state index in [4.69, 9.17) is 5.84 Å². The molecule has 0 radical (unpaired) electrons. The number of benzene rings is 3. The van der Waals surface area contributed by atoms with Crippen LogP contribution in [0.1, 0.15) is 5.56 Å². The number of amidine groups is 1. The SMILES string of the molecule is NN=NC(=Nc1ccccc1F)c1ccccc1-c1ccccc1F. The minimum atomic E-state index is -0.504. The Balaban J connectivity index is 2.20. The van der Waals surface area contributed by atoms with Crippen molar-refractivity contribution in [2.45, 2.75) is 0 Å². The molecule has 0 amide bonds. The summed E-state index contributed by atoms with van der Waals surface area (Å²) in [7, 11) is 0. The van der Waals surface area contributed by atoms with E-state index < -0.39 is 5.82 Å². The van der Waals surface area contributed by atoms with Crippen molar-refractivity contribution in [3.05, 3.63) is 90.0 Å². The van der Waals surface area contributed by atoms with Gasteiger partial charge in [-0.2, -0.15) is 0 Å². The van der Waals surface area contributed by atoms with Gasteiger partial charge in [-0.05, 0) is 23.8 Å². The summed E-state index contributed by atoms with van der Waals surface area (Å²) in [6, 6.07) is 19.3. The largest absolute Gasteiger partial charge is 0.305 e. The van der Waals surface area contributed by atoms with Crippen LogP contribution in [0, 0.1) is 11.6 Å².